The van der Waals surface area contributed by atoms with Gasteiger partial charge in [-0.15, -0.1) is 0 Å². The highest BCUT2D eigenvalue weighted by Gasteiger charge is 2.17. The number of pyridine rings is 1. The number of nitrogens with zero attached hydrogens (tertiary/aromatic N) is 2. The van der Waals surface area contributed by atoms with Crippen LogP contribution in [-0.4, -0.2) is 45.4 Å². The van der Waals surface area contributed by atoms with Gasteiger partial charge in [-0.3, -0.25) is 4.99 Å². The van der Waals surface area contributed by atoms with Gasteiger partial charge in [0.15, 0.2) is 17.5 Å². The molecule has 8 heteroatoms. The molecule has 0 unspecified atom stereocenters. The van der Waals surface area contributed by atoms with E-state index in [0.29, 0.717) is 48.3 Å². The van der Waals surface area contributed by atoms with Gasteiger partial charge in [-0.05, 0) is 48.9 Å². The summed E-state index contributed by atoms with van der Waals surface area (Å²) in [5.74, 6) is 3.19. The summed E-state index contributed by atoms with van der Waals surface area (Å²) >= 11 is 0. The molecule has 0 aliphatic heterocycles. The van der Waals surface area contributed by atoms with E-state index >= 15 is 0 Å². The molecule has 0 spiro atoms. The zero-order chi connectivity index (χ0) is 22.1. The lowest BCUT2D eigenvalue weighted by molar-refractivity contribution is 0.201. The summed E-state index contributed by atoms with van der Waals surface area (Å²) in [7, 11) is 6.54. The molecule has 0 bridgehead atoms. The molecule has 1 aliphatic carbocycles. The van der Waals surface area contributed by atoms with E-state index in [1.54, 1.807) is 28.4 Å². The van der Waals surface area contributed by atoms with Crippen LogP contribution in [0.4, 0.5) is 0 Å². The fraction of sp³-hybridized carbons (Fsp3) is 0.478. The van der Waals surface area contributed by atoms with E-state index in [2.05, 4.69) is 20.6 Å². The minimum Gasteiger partial charge on any atom is -0.493 e. The molecule has 1 fully saturated rings. The molecule has 31 heavy (non-hydrogen) atoms. The van der Waals surface area contributed by atoms with Gasteiger partial charge < -0.3 is 29.6 Å². The second-order valence-corrected chi connectivity index (χ2v) is 7.34. The number of ether oxygens (including phenoxy) is 4. The van der Waals surface area contributed by atoms with Crippen molar-refractivity contribution in [2.24, 2.45) is 4.99 Å². The summed E-state index contributed by atoms with van der Waals surface area (Å²) in [6.45, 7) is 1.15. The molecule has 0 atom stereocenters. The van der Waals surface area contributed by atoms with Crippen molar-refractivity contribution in [3.8, 4) is 23.1 Å². The first kappa shape index (κ1) is 22.5. The molecule has 0 saturated heterocycles. The van der Waals surface area contributed by atoms with Crippen molar-refractivity contribution in [3.63, 3.8) is 0 Å². The van der Waals surface area contributed by atoms with Crippen molar-refractivity contribution in [1.82, 2.24) is 15.6 Å². The maximum Gasteiger partial charge on any atom is 0.213 e. The maximum absolute atomic E-state index is 5.92. The van der Waals surface area contributed by atoms with Gasteiger partial charge in [-0.1, -0.05) is 6.07 Å². The third-order valence-electron chi connectivity index (χ3n) is 5.26. The van der Waals surface area contributed by atoms with Gasteiger partial charge >= 0.3 is 0 Å². The average Bonchev–Trinajstić information content (AvgIpc) is 3.32. The van der Waals surface area contributed by atoms with Gasteiger partial charge in [0.1, 0.15) is 6.10 Å². The number of hydrogen-bond acceptors (Lipinski definition) is 6. The number of hydrogen-bond donors (Lipinski definition) is 2. The summed E-state index contributed by atoms with van der Waals surface area (Å²) in [6.07, 6.45) is 6.89. The standard InChI is InChI=1S/C23H32N4O4/c1-24-23(27-15-17-11-19(28-2)22(30-4)20(12-17)29-3)26-14-16-9-10-21(25-13-16)31-18-7-5-6-8-18/h9-13,18H,5-8,14-15H2,1-4H3,(H2,24,26,27). The number of aromatic nitrogens is 1. The van der Waals surface area contributed by atoms with Crippen LogP contribution >= 0.6 is 0 Å². The summed E-state index contributed by atoms with van der Waals surface area (Å²) in [4.78, 5) is 8.72. The van der Waals surface area contributed by atoms with Crippen molar-refractivity contribution < 1.29 is 18.9 Å². The van der Waals surface area contributed by atoms with E-state index in [1.165, 1.54) is 12.8 Å². The topological polar surface area (TPSA) is 86.2 Å². The summed E-state index contributed by atoms with van der Waals surface area (Å²) in [5, 5.41) is 6.60. The number of rotatable bonds is 9. The number of guanidine groups is 1. The largest absolute Gasteiger partial charge is 0.493 e. The molecule has 0 radical (unpaired) electrons. The lowest BCUT2D eigenvalue weighted by Gasteiger charge is -2.16. The van der Waals surface area contributed by atoms with Crippen LogP contribution < -0.4 is 29.6 Å². The highest BCUT2D eigenvalue weighted by Crippen LogP contribution is 2.38. The van der Waals surface area contributed by atoms with Crippen LogP contribution in [0.1, 0.15) is 36.8 Å². The van der Waals surface area contributed by atoms with Gasteiger partial charge in [0.25, 0.3) is 0 Å². The van der Waals surface area contributed by atoms with Crippen molar-refractivity contribution in [2.75, 3.05) is 28.4 Å². The second kappa shape index (κ2) is 11.3. The zero-order valence-corrected chi connectivity index (χ0v) is 18.7. The van der Waals surface area contributed by atoms with Gasteiger partial charge in [0.2, 0.25) is 11.6 Å². The molecule has 2 N–H and O–H groups in total. The number of benzene rings is 1. The Hall–Kier alpha value is -3.16. The van der Waals surface area contributed by atoms with Gasteiger partial charge in [-0.25, -0.2) is 4.98 Å². The Kier molecular flexibility index (Phi) is 8.20. The quantitative estimate of drug-likeness (QED) is 0.468. The minimum atomic E-state index is 0.315. The molecule has 2 aromatic rings. The van der Waals surface area contributed by atoms with Crippen molar-refractivity contribution in [3.05, 3.63) is 41.6 Å². The summed E-state index contributed by atoms with van der Waals surface area (Å²) < 4.78 is 22.1. The Morgan fingerprint density at radius 1 is 0.968 bits per heavy atom. The lowest BCUT2D eigenvalue weighted by Crippen LogP contribution is -2.36. The number of nitrogens with one attached hydrogen (secondary N) is 2. The molecule has 168 valence electrons. The molecule has 1 heterocycles. The Balaban J connectivity index is 1.53. The maximum atomic E-state index is 5.92. The first-order valence-electron chi connectivity index (χ1n) is 10.5. The normalized spacial score (nSPS) is 14.3. The Labute approximate surface area is 184 Å². The molecular weight excluding hydrogens is 396 g/mol. The van der Waals surface area contributed by atoms with Crippen LogP contribution in [0.3, 0.4) is 0 Å². The third kappa shape index (κ3) is 6.16. The van der Waals surface area contributed by atoms with Crippen LogP contribution in [-0.2, 0) is 13.1 Å². The van der Waals surface area contributed by atoms with Crippen molar-refractivity contribution >= 4 is 5.96 Å². The second-order valence-electron chi connectivity index (χ2n) is 7.34. The first-order valence-corrected chi connectivity index (χ1v) is 10.5. The molecule has 1 aromatic carbocycles. The lowest BCUT2D eigenvalue weighted by atomic mass is 10.2. The molecular formula is C23H32N4O4. The van der Waals surface area contributed by atoms with Gasteiger partial charge in [0.05, 0.1) is 21.3 Å². The van der Waals surface area contributed by atoms with Crippen LogP contribution in [0.15, 0.2) is 35.5 Å². The monoisotopic (exact) mass is 428 g/mol. The fourth-order valence-corrected chi connectivity index (χ4v) is 3.59. The van der Waals surface area contributed by atoms with Crippen LogP contribution in [0, 0.1) is 0 Å². The van der Waals surface area contributed by atoms with E-state index in [0.717, 1.165) is 24.0 Å². The molecule has 1 aliphatic rings. The Morgan fingerprint density at radius 2 is 1.61 bits per heavy atom. The zero-order valence-electron chi connectivity index (χ0n) is 18.7. The number of methoxy groups -OCH3 is 3. The highest BCUT2D eigenvalue weighted by molar-refractivity contribution is 5.79. The van der Waals surface area contributed by atoms with Gasteiger partial charge in [0, 0.05) is 32.4 Å². The predicted octanol–water partition coefficient (Wildman–Crippen LogP) is 3.29. The van der Waals surface area contributed by atoms with E-state index in [9.17, 15) is 0 Å². The average molecular weight is 429 g/mol. The Morgan fingerprint density at radius 3 is 2.13 bits per heavy atom. The van der Waals surface area contributed by atoms with Crippen LogP contribution in [0.25, 0.3) is 0 Å². The van der Waals surface area contributed by atoms with Gasteiger partial charge in [-0.2, -0.15) is 0 Å². The van der Waals surface area contributed by atoms with Crippen LogP contribution in [0.2, 0.25) is 0 Å². The Bertz CT molecular complexity index is 839. The van der Waals surface area contributed by atoms with E-state index in [-0.39, 0.29) is 0 Å². The third-order valence-corrected chi connectivity index (χ3v) is 5.26. The summed E-state index contributed by atoms with van der Waals surface area (Å²) in [5.41, 5.74) is 2.03. The number of aliphatic imine (C=N–C) groups is 1. The predicted molar refractivity (Wildman–Crippen MR) is 120 cm³/mol. The first-order chi connectivity index (χ1) is 15.2. The van der Waals surface area contributed by atoms with E-state index in [4.69, 9.17) is 18.9 Å². The van der Waals surface area contributed by atoms with Crippen molar-refractivity contribution in [2.45, 2.75) is 44.9 Å². The minimum absolute atomic E-state index is 0.315. The smallest absolute Gasteiger partial charge is 0.213 e. The molecule has 1 aromatic heterocycles. The molecule has 8 nitrogen and oxygen atoms in total. The highest BCUT2D eigenvalue weighted by atomic mass is 16.5. The molecule has 3 rings (SSSR count). The SMILES string of the molecule is CN=C(NCc1ccc(OC2CCCC2)nc1)NCc1cc(OC)c(OC)c(OC)c1. The fourth-order valence-electron chi connectivity index (χ4n) is 3.59. The van der Waals surface area contributed by atoms with E-state index < -0.39 is 0 Å². The molecule has 0 amide bonds. The van der Waals surface area contributed by atoms with Crippen molar-refractivity contribution in [1.29, 1.82) is 0 Å². The van der Waals surface area contributed by atoms with Crippen LogP contribution in [0.5, 0.6) is 23.1 Å². The van der Waals surface area contributed by atoms with E-state index in [1.807, 2.05) is 30.5 Å². The molecule has 1 saturated carbocycles. The summed E-state index contributed by atoms with van der Waals surface area (Å²) in [6, 6.07) is 7.78.